The number of likely N-dealkylation sites (tertiary alicyclic amines) is 1. The summed E-state index contributed by atoms with van der Waals surface area (Å²) in [5.74, 6) is -1.91. The molecule has 1 fully saturated rings. The van der Waals surface area contributed by atoms with Crippen LogP contribution in [0, 0.1) is 5.92 Å². The maximum absolute atomic E-state index is 13.1. The fraction of sp³-hybridized carbons (Fsp3) is 0.500. The van der Waals surface area contributed by atoms with Crippen LogP contribution in [0.15, 0.2) is 30.5 Å². The maximum atomic E-state index is 13.1. The van der Waals surface area contributed by atoms with Crippen molar-refractivity contribution in [3.63, 3.8) is 0 Å². The van der Waals surface area contributed by atoms with Crippen LogP contribution in [0.2, 0.25) is 0 Å². The number of hydrogen-bond donors (Lipinski definition) is 4. The van der Waals surface area contributed by atoms with Gasteiger partial charge in [-0.3, -0.25) is 9.59 Å². The molecule has 162 valence electrons. The number of carboxylic acids is 1. The molecule has 2 aromatic rings. The average Bonchev–Trinajstić information content (AvgIpc) is 3.38. The minimum Gasteiger partial charge on any atom is -0.480 e. The Hall–Kier alpha value is -2.87. The molecule has 1 aromatic heterocycles. The van der Waals surface area contributed by atoms with Gasteiger partial charge in [0.1, 0.15) is 12.1 Å². The summed E-state index contributed by atoms with van der Waals surface area (Å²) in [6, 6.07) is 5.33. The number of para-hydroxylation sites is 1. The van der Waals surface area contributed by atoms with Crippen molar-refractivity contribution in [1.29, 1.82) is 0 Å². The Morgan fingerprint density at radius 3 is 2.77 bits per heavy atom. The lowest BCUT2D eigenvalue weighted by molar-refractivity contribution is -0.150. The third kappa shape index (κ3) is 4.48. The number of benzene rings is 1. The third-order valence-corrected chi connectivity index (χ3v) is 6.05. The number of aliphatic carboxylic acids is 1. The Labute approximate surface area is 175 Å². The average molecular weight is 415 g/mol. The van der Waals surface area contributed by atoms with Gasteiger partial charge < -0.3 is 26.0 Å². The monoisotopic (exact) mass is 414 g/mol. The van der Waals surface area contributed by atoms with Gasteiger partial charge in [-0.05, 0) is 36.8 Å². The Bertz CT molecular complexity index is 925. The van der Waals surface area contributed by atoms with Gasteiger partial charge in [0, 0.05) is 23.6 Å². The van der Waals surface area contributed by atoms with Crippen LogP contribution in [0.25, 0.3) is 10.9 Å². The Morgan fingerprint density at radius 2 is 2.07 bits per heavy atom. The number of amides is 2. The number of nitrogens with zero attached hydrogens (tertiary/aromatic N) is 1. The minimum atomic E-state index is -1.01. The molecule has 2 heterocycles. The molecule has 0 unspecified atom stereocenters. The topological polar surface area (TPSA) is 129 Å². The fourth-order valence-electron chi connectivity index (χ4n) is 4.04. The van der Waals surface area contributed by atoms with Crippen molar-refractivity contribution in [1.82, 2.24) is 15.2 Å². The lowest BCUT2D eigenvalue weighted by Gasteiger charge is -2.31. The molecule has 0 saturated carbocycles. The van der Waals surface area contributed by atoms with Crippen LogP contribution in [-0.4, -0.2) is 57.4 Å². The number of fused-ring (bicyclic) bond motifs is 1. The van der Waals surface area contributed by atoms with E-state index in [2.05, 4.69) is 10.3 Å². The van der Waals surface area contributed by atoms with E-state index < -0.39 is 30.0 Å². The number of aromatic nitrogens is 1. The van der Waals surface area contributed by atoms with Crippen LogP contribution in [0.3, 0.4) is 0 Å². The van der Waals surface area contributed by atoms with Gasteiger partial charge in [-0.1, -0.05) is 38.5 Å². The Kier molecular flexibility index (Phi) is 6.77. The first-order valence-corrected chi connectivity index (χ1v) is 10.5. The molecule has 0 spiro atoms. The van der Waals surface area contributed by atoms with Crippen LogP contribution in [0.4, 0.5) is 0 Å². The van der Waals surface area contributed by atoms with Crippen LogP contribution >= 0.6 is 0 Å². The van der Waals surface area contributed by atoms with Crippen molar-refractivity contribution in [2.45, 2.75) is 57.7 Å². The minimum absolute atomic E-state index is 0.142. The molecule has 0 aliphatic carbocycles. The number of nitrogens with two attached hydrogens (primary N) is 1. The van der Waals surface area contributed by atoms with Gasteiger partial charge in [-0.15, -0.1) is 0 Å². The number of H-pyrrole nitrogens is 1. The van der Waals surface area contributed by atoms with E-state index in [0.29, 0.717) is 32.2 Å². The Morgan fingerprint density at radius 1 is 1.33 bits per heavy atom. The summed E-state index contributed by atoms with van der Waals surface area (Å²) >= 11 is 0. The van der Waals surface area contributed by atoms with E-state index in [4.69, 9.17) is 5.73 Å². The lowest BCUT2D eigenvalue weighted by Crippen LogP contribution is -2.57. The second-order valence-electron chi connectivity index (χ2n) is 8.07. The van der Waals surface area contributed by atoms with Crippen molar-refractivity contribution in [2.24, 2.45) is 11.7 Å². The first-order chi connectivity index (χ1) is 14.3. The van der Waals surface area contributed by atoms with Gasteiger partial charge in [0.15, 0.2) is 0 Å². The second-order valence-corrected chi connectivity index (χ2v) is 8.07. The second kappa shape index (κ2) is 9.30. The highest BCUT2D eigenvalue weighted by Gasteiger charge is 2.39. The van der Waals surface area contributed by atoms with Crippen molar-refractivity contribution in [3.8, 4) is 0 Å². The molecule has 0 bridgehead atoms. The molecule has 30 heavy (non-hydrogen) atoms. The summed E-state index contributed by atoms with van der Waals surface area (Å²) < 4.78 is 0. The van der Waals surface area contributed by atoms with E-state index in [1.54, 1.807) is 0 Å². The number of nitrogens with one attached hydrogen (secondary N) is 2. The van der Waals surface area contributed by atoms with E-state index >= 15 is 0 Å². The molecule has 1 saturated heterocycles. The summed E-state index contributed by atoms with van der Waals surface area (Å²) in [4.78, 5) is 42.0. The smallest absolute Gasteiger partial charge is 0.326 e. The Balaban J connectivity index is 1.71. The highest BCUT2D eigenvalue weighted by Crippen LogP contribution is 2.22. The normalized spacial score (nSPS) is 19.4. The van der Waals surface area contributed by atoms with Gasteiger partial charge in [-0.2, -0.15) is 0 Å². The van der Waals surface area contributed by atoms with E-state index in [1.807, 2.05) is 44.3 Å². The first-order valence-electron chi connectivity index (χ1n) is 10.5. The molecule has 2 amide bonds. The number of rotatable bonds is 8. The molecule has 1 aliphatic rings. The van der Waals surface area contributed by atoms with Crippen LogP contribution in [0.5, 0.6) is 0 Å². The van der Waals surface area contributed by atoms with Gasteiger partial charge >= 0.3 is 5.97 Å². The molecule has 3 rings (SSSR count). The quantitative estimate of drug-likeness (QED) is 0.522. The van der Waals surface area contributed by atoms with Crippen molar-refractivity contribution < 1.29 is 19.5 Å². The van der Waals surface area contributed by atoms with Gasteiger partial charge in [0.25, 0.3) is 0 Å². The molecule has 5 N–H and O–H groups in total. The zero-order valence-corrected chi connectivity index (χ0v) is 17.4. The van der Waals surface area contributed by atoms with Crippen molar-refractivity contribution in [3.05, 3.63) is 36.0 Å². The number of carboxylic acid groups (broad SMARTS) is 1. The summed E-state index contributed by atoms with van der Waals surface area (Å²) in [5.41, 5.74) is 8.08. The number of aromatic amines is 1. The van der Waals surface area contributed by atoms with Crippen molar-refractivity contribution in [2.75, 3.05) is 6.54 Å². The number of carbonyl (C=O) groups is 3. The molecule has 8 heteroatoms. The lowest BCUT2D eigenvalue weighted by atomic mass is 9.96. The third-order valence-electron chi connectivity index (χ3n) is 6.05. The summed E-state index contributed by atoms with van der Waals surface area (Å²) in [7, 11) is 0. The van der Waals surface area contributed by atoms with Crippen LogP contribution in [-0.2, 0) is 20.8 Å². The van der Waals surface area contributed by atoms with Gasteiger partial charge in [0.05, 0.1) is 6.04 Å². The van der Waals surface area contributed by atoms with Gasteiger partial charge in [0.2, 0.25) is 11.8 Å². The summed E-state index contributed by atoms with van der Waals surface area (Å²) in [6.07, 6.45) is 3.92. The summed E-state index contributed by atoms with van der Waals surface area (Å²) in [6.45, 7) is 4.20. The highest BCUT2D eigenvalue weighted by atomic mass is 16.4. The standard InChI is InChI=1S/C22H30N4O4/c1-3-13(2)19(21(28)26-10-6-9-18(26)22(29)30)25-20(27)16(23)11-14-12-24-17-8-5-4-7-15(14)17/h4-5,7-8,12-13,16,18-19,24H,3,6,9-11,23H2,1-2H3,(H,25,27)(H,29,30)/t13-,16-,18+,19-/m0/s1. The summed E-state index contributed by atoms with van der Waals surface area (Å²) in [5, 5.41) is 13.2. The van der Waals surface area contributed by atoms with E-state index in [-0.39, 0.29) is 11.8 Å². The number of carbonyl (C=O) groups excluding carboxylic acids is 2. The molecular formula is C22H30N4O4. The largest absolute Gasteiger partial charge is 0.480 e. The van der Waals surface area contributed by atoms with E-state index in [1.165, 1.54) is 4.90 Å². The maximum Gasteiger partial charge on any atom is 0.326 e. The molecule has 4 atom stereocenters. The first kappa shape index (κ1) is 21.8. The molecule has 8 nitrogen and oxygen atoms in total. The fourth-order valence-corrected chi connectivity index (χ4v) is 4.04. The van der Waals surface area contributed by atoms with Crippen LogP contribution < -0.4 is 11.1 Å². The SMILES string of the molecule is CC[C@H](C)[C@H](NC(=O)[C@@H](N)Cc1c[nH]c2ccccc12)C(=O)N1CCC[C@@H]1C(=O)O. The zero-order chi connectivity index (χ0) is 21.8. The van der Waals surface area contributed by atoms with E-state index in [0.717, 1.165) is 16.5 Å². The molecule has 1 aromatic carbocycles. The number of hydrogen-bond acceptors (Lipinski definition) is 4. The van der Waals surface area contributed by atoms with E-state index in [9.17, 15) is 19.5 Å². The zero-order valence-electron chi connectivity index (χ0n) is 17.4. The molecule has 0 radical (unpaired) electrons. The molecular weight excluding hydrogens is 384 g/mol. The van der Waals surface area contributed by atoms with Crippen LogP contribution in [0.1, 0.15) is 38.7 Å². The van der Waals surface area contributed by atoms with Crippen molar-refractivity contribution >= 4 is 28.7 Å². The predicted octanol–water partition coefficient (Wildman–Crippen LogP) is 1.64. The predicted molar refractivity (Wildman–Crippen MR) is 114 cm³/mol. The van der Waals surface area contributed by atoms with Gasteiger partial charge in [-0.25, -0.2) is 4.79 Å². The molecule has 1 aliphatic heterocycles. The highest BCUT2D eigenvalue weighted by molar-refractivity contribution is 5.93.